The molecule has 1 aliphatic rings. The molecule has 2 aromatic rings. The molecule has 10 heteroatoms. The molecule has 0 saturated carbocycles. The molecular weight excluding hydrogens is 450 g/mol. The predicted molar refractivity (Wildman–Crippen MR) is 122 cm³/mol. The molecule has 3 rings (SSSR count). The molecule has 0 spiro atoms. The molecule has 3 N–H and O–H groups in total. The minimum Gasteiger partial charge on any atom is -0.374 e. The highest BCUT2D eigenvalue weighted by atomic mass is 32.2. The molecule has 172 valence electrons. The summed E-state index contributed by atoms with van der Waals surface area (Å²) in [5, 5.41) is 4.34. The van der Waals surface area contributed by atoms with Gasteiger partial charge in [-0.1, -0.05) is 42.5 Å². The van der Waals surface area contributed by atoms with E-state index >= 15 is 0 Å². The van der Waals surface area contributed by atoms with Gasteiger partial charge in [-0.05, 0) is 29.9 Å². The van der Waals surface area contributed by atoms with Crippen LogP contribution in [0.25, 0.3) is 0 Å². The monoisotopic (exact) mass is 477 g/mol. The van der Waals surface area contributed by atoms with E-state index in [9.17, 15) is 18.0 Å². The smallest absolute Gasteiger partial charge is 0.253 e. The Hall–Kier alpha value is -2.53. The lowest BCUT2D eigenvalue weighted by atomic mass is 9.99. The van der Waals surface area contributed by atoms with Crippen molar-refractivity contribution < 1.29 is 22.7 Å². The lowest BCUT2D eigenvalue weighted by Gasteiger charge is -2.37. The van der Waals surface area contributed by atoms with E-state index in [4.69, 9.17) is 10.5 Å². The minimum absolute atomic E-state index is 0.125. The minimum atomic E-state index is -3.87. The Morgan fingerprint density at radius 1 is 1.28 bits per heavy atom. The van der Waals surface area contributed by atoms with Crippen LogP contribution in [0.1, 0.15) is 18.4 Å². The number of piperidine rings is 1. The number of rotatable bonds is 10. The SMILES string of the molecule is C=CCOC1CCN(S(=O)(=O)c2cccs2)C(C(=O)NC(Cc2ccccc2)C(N)=O)C1. The third kappa shape index (κ3) is 5.83. The van der Waals surface area contributed by atoms with Crippen LogP contribution in [0, 0.1) is 0 Å². The number of hydrogen-bond donors (Lipinski definition) is 2. The average molecular weight is 478 g/mol. The Morgan fingerprint density at radius 2 is 2.03 bits per heavy atom. The van der Waals surface area contributed by atoms with Crippen LogP contribution < -0.4 is 11.1 Å². The third-order valence-electron chi connectivity index (χ3n) is 5.26. The van der Waals surface area contributed by atoms with Crippen molar-refractivity contribution in [2.45, 2.75) is 41.7 Å². The number of primary amides is 1. The van der Waals surface area contributed by atoms with Crippen LogP contribution in [0.2, 0.25) is 0 Å². The lowest BCUT2D eigenvalue weighted by molar-refractivity contribution is -0.131. The zero-order valence-electron chi connectivity index (χ0n) is 17.6. The summed E-state index contributed by atoms with van der Waals surface area (Å²) < 4.78 is 33.5. The zero-order chi connectivity index (χ0) is 23.1. The molecule has 3 atom stereocenters. The second-order valence-electron chi connectivity index (χ2n) is 7.49. The van der Waals surface area contributed by atoms with Crippen molar-refractivity contribution in [3.8, 4) is 0 Å². The first-order valence-corrected chi connectivity index (χ1v) is 12.6. The number of thiophene rings is 1. The second kappa shape index (κ2) is 10.9. The molecule has 1 aromatic carbocycles. The van der Waals surface area contributed by atoms with Gasteiger partial charge in [-0.15, -0.1) is 17.9 Å². The fourth-order valence-electron chi connectivity index (χ4n) is 3.66. The first-order chi connectivity index (χ1) is 15.3. The number of ether oxygens (including phenoxy) is 1. The van der Waals surface area contributed by atoms with Gasteiger partial charge in [-0.3, -0.25) is 9.59 Å². The van der Waals surface area contributed by atoms with E-state index in [0.717, 1.165) is 16.9 Å². The van der Waals surface area contributed by atoms with Gasteiger partial charge in [0.2, 0.25) is 11.8 Å². The highest BCUT2D eigenvalue weighted by molar-refractivity contribution is 7.91. The van der Waals surface area contributed by atoms with Crippen molar-refractivity contribution in [1.82, 2.24) is 9.62 Å². The second-order valence-corrected chi connectivity index (χ2v) is 10.6. The number of amides is 2. The summed E-state index contributed by atoms with van der Waals surface area (Å²) in [5.41, 5.74) is 6.36. The summed E-state index contributed by atoms with van der Waals surface area (Å²) in [6.07, 6.45) is 2.13. The largest absolute Gasteiger partial charge is 0.374 e. The van der Waals surface area contributed by atoms with Gasteiger partial charge >= 0.3 is 0 Å². The van der Waals surface area contributed by atoms with E-state index < -0.39 is 33.9 Å². The van der Waals surface area contributed by atoms with Gasteiger partial charge in [0.15, 0.2) is 0 Å². The molecule has 0 bridgehead atoms. The standard InChI is InChI=1S/C22H27N3O5S2/c1-2-12-30-17-10-11-25(32(28,29)20-9-6-13-31-20)19(15-17)22(27)24-18(21(23)26)14-16-7-4-3-5-8-16/h2-9,13,17-19H,1,10-12,14-15H2,(H2,23,26)(H,24,27). The zero-order valence-corrected chi connectivity index (χ0v) is 19.2. The maximum absolute atomic E-state index is 13.3. The molecule has 32 heavy (non-hydrogen) atoms. The normalized spacial score (nSPS) is 20.4. The summed E-state index contributed by atoms with van der Waals surface area (Å²) in [6, 6.07) is 10.3. The fourth-order valence-corrected chi connectivity index (χ4v) is 6.39. The Balaban J connectivity index is 1.82. The molecule has 0 aliphatic carbocycles. The number of carbonyl (C=O) groups excluding carboxylic acids is 2. The van der Waals surface area contributed by atoms with Gasteiger partial charge < -0.3 is 15.8 Å². The highest BCUT2D eigenvalue weighted by Crippen LogP contribution is 2.29. The van der Waals surface area contributed by atoms with Gasteiger partial charge in [0.1, 0.15) is 16.3 Å². The third-order valence-corrected chi connectivity index (χ3v) is 8.54. The summed E-state index contributed by atoms with van der Waals surface area (Å²) in [4.78, 5) is 25.3. The van der Waals surface area contributed by atoms with Gasteiger partial charge in [-0.25, -0.2) is 8.42 Å². The highest BCUT2D eigenvalue weighted by Gasteiger charge is 2.42. The number of sulfonamides is 1. The van der Waals surface area contributed by atoms with Crippen LogP contribution in [0.4, 0.5) is 0 Å². The topological polar surface area (TPSA) is 119 Å². The molecule has 2 heterocycles. The van der Waals surface area contributed by atoms with Gasteiger partial charge in [-0.2, -0.15) is 4.31 Å². The van der Waals surface area contributed by atoms with E-state index in [2.05, 4.69) is 11.9 Å². The Labute approximate surface area is 192 Å². The van der Waals surface area contributed by atoms with Gasteiger partial charge in [0.25, 0.3) is 10.0 Å². The maximum Gasteiger partial charge on any atom is 0.253 e. The van der Waals surface area contributed by atoms with E-state index in [1.807, 2.05) is 30.3 Å². The molecule has 1 fully saturated rings. The first-order valence-electron chi connectivity index (χ1n) is 10.2. The quantitative estimate of drug-likeness (QED) is 0.505. The summed E-state index contributed by atoms with van der Waals surface area (Å²) in [7, 11) is -3.87. The Morgan fingerprint density at radius 3 is 2.66 bits per heavy atom. The molecule has 0 radical (unpaired) electrons. The Bertz CT molecular complexity index is 1030. The lowest BCUT2D eigenvalue weighted by Crippen LogP contribution is -2.58. The van der Waals surface area contributed by atoms with Crippen LogP contribution in [0.15, 0.2) is 64.7 Å². The fraction of sp³-hybridized carbons (Fsp3) is 0.364. The van der Waals surface area contributed by atoms with E-state index in [0.29, 0.717) is 13.0 Å². The molecule has 3 unspecified atom stereocenters. The van der Waals surface area contributed by atoms with E-state index in [1.54, 1.807) is 17.5 Å². The van der Waals surface area contributed by atoms with Crippen molar-refractivity contribution in [2.75, 3.05) is 13.2 Å². The molecule has 8 nitrogen and oxygen atoms in total. The molecular formula is C22H27N3O5S2. The van der Waals surface area contributed by atoms with Crippen molar-refractivity contribution in [2.24, 2.45) is 5.73 Å². The van der Waals surface area contributed by atoms with Crippen LogP contribution in [0.3, 0.4) is 0 Å². The van der Waals surface area contributed by atoms with Crippen LogP contribution in [0.5, 0.6) is 0 Å². The van der Waals surface area contributed by atoms with Crippen molar-refractivity contribution in [3.05, 3.63) is 66.1 Å². The molecule has 1 aromatic heterocycles. The number of hydrogen-bond acceptors (Lipinski definition) is 6. The van der Waals surface area contributed by atoms with Crippen molar-refractivity contribution >= 4 is 33.2 Å². The molecule has 1 saturated heterocycles. The van der Waals surface area contributed by atoms with Crippen LogP contribution in [-0.2, 0) is 30.8 Å². The Kier molecular flexibility index (Phi) is 8.19. The number of benzene rings is 1. The predicted octanol–water partition coefficient (Wildman–Crippen LogP) is 1.69. The average Bonchev–Trinajstić information content (AvgIpc) is 3.33. The van der Waals surface area contributed by atoms with Gasteiger partial charge in [0, 0.05) is 13.0 Å². The number of nitrogens with zero attached hydrogens (tertiary/aromatic N) is 1. The summed E-state index contributed by atoms with van der Waals surface area (Å²) in [5.74, 6) is -1.26. The maximum atomic E-state index is 13.3. The molecule has 2 amide bonds. The van der Waals surface area contributed by atoms with Crippen LogP contribution >= 0.6 is 11.3 Å². The van der Waals surface area contributed by atoms with E-state index in [-0.39, 0.29) is 29.7 Å². The molecule has 1 aliphatic heterocycles. The number of nitrogens with two attached hydrogens (primary N) is 1. The summed E-state index contributed by atoms with van der Waals surface area (Å²) in [6.45, 7) is 4.05. The number of carbonyl (C=O) groups is 2. The van der Waals surface area contributed by atoms with E-state index in [1.165, 1.54) is 10.4 Å². The number of nitrogens with one attached hydrogen (secondary N) is 1. The van der Waals surface area contributed by atoms with Crippen LogP contribution in [-0.4, -0.2) is 55.9 Å². The van der Waals surface area contributed by atoms with Crippen molar-refractivity contribution in [1.29, 1.82) is 0 Å². The first kappa shape index (κ1) is 24.1. The summed E-state index contributed by atoms with van der Waals surface area (Å²) >= 11 is 1.09. The van der Waals surface area contributed by atoms with Gasteiger partial charge in [0.05, 0.1) is 12.7 Å². The van der Waals surface area contributed by atoms with Crippen molar-refractivity contribution in [3.63, 3.8) is 0 Å².